The van der Waals surface area contributed by atoms with Crippen LogP contribution < -0.4 is 0 Å². The SMILES string of the molecule is CCCc1c(C)cncc1C(O)c1ccccc1. The lowest BCUT2D eigenvalue weighted by Gasteiger charge is -2.17. The lowest BCUT2D eigenvalue weighted by Crippen LogP contribution is -2.06. The van der Waals surface area contributed by atoms with Gasteiger partial charge >= 0.3 is 0 Å². The van der Waals surface area contributed by atoms with E-state index in [2.05, 4.69) is 18.8 Å². The van der Waals surface area contributed by atoms with Crippen LogP contribution in [0.1, 0.15) is 41.7 Å². The predicted molar refractivity (Wildman–Crippen MR) is 73.5 cm³/mol. The number of pyridine rings is 1. The molecule has 2 rings (SSSR count). The third-order valence-electron chi connectivity index (χ3n) is 3.22. The van der Waals surface area contributed by atoms with Crippen LogP contribution in [0.5, 0.6) is 0 Å². The van der Waals surface area contributed by atoms with Crippen molar-refractivity contribution in [2.24, 2.45) is 0 Å². The summed E-state index contributed by atoms with van der Waals surface area (Å²) in [5, 5.41) is 10.5. The molecule has 0 spiro atoms. The van der Waals surface area contributed by atoms with Gasteiger partial charge in [-0.05, 0) is 30.0 Å². The molecular formula is C16H19NO. The van der Waals surface area contributed by atoms with Crippen molar-refractivity contribution in [2.75, 3.05) is 0 Å². The number of nitrogens with zero attached hydrogens (tertiary/aromatic N) is 1. The fourth-order valence-electron chi connectivity index (χ4n) is 2.25. The van der Waals surface area contributed by atoms with Crippen molar-refractivity contribution in [3.8, 4) is 0 Å². The first kappa shape index (κ1) is 12.8. The van der Waals surface area contributed by atoms with Crippen molar-refractivity contribution in [2.45, 2.75) is 32.8 Å². The average Bonchev–Trinajstić information content (AvgIpc) is 2.41. The zero-order valence-electron chi connectivity index (χ0n) is 10.9. The molecule has 1 aromatic heterocycles. The summed E-state index contributed by atoms with van der Waals surface area (Å²) in [5.41, 5.74) is 4.23. The van der Waals surface area contributed by atoms with E-state index < -0.39 is 6.10 Å². The standard InChI is InChI=1S/C16H19NO/c1-3-7-14-12(2)10-17-11-15(14)16(18)13-8-5-4-6-9-13/h4-6,8-11,16,18H,3,7H2,1-2H3. The number of hydrogen-bond donors (Lipinski definition) is 1. The Bertz CT molecular complexity index is 508. The highest BCUT2D eigenvalue weighted by atomic mass is 16.3. The Kier molecular flexibility index (Phi) is 4.11. The summed E-state index contributed by atoms with van der Waals surface area (Å²) < 4.78 is 0. The van der Waals surface area contributed by atoms with Gasteiger partial charge < -0.3 is 5.11 Å². The van der Waals surface area contributed by atoms with E-state index in [4.69, 9.17) is 0 Å². The summed E-state index contributed by atoms with van der Waals surface area (Å²) in [6.07, 6.45) is 5.12. The second-order valence-corrected chi connectivity index (χ2v) is 4.59. The molecule has 0 radical (unpaired) electrons. The van der Waals surface area contributed by atoms with Crippen molar-refractivity contribution < 1.29 is 5.11 Å². The van der Waals surface area contributed by atoms with Crippen LogP contribution in [0.25, 0.3) is 0 Å². The quantitative estimate of drug-likeness (QED) is 0.889. The molecule has 1 atom stereocenters. The van der Waals surface area contributed by atoms with Crippen LogP contribution in [0.4, 0.5) is 0 Å². The van der Waals surface area contributed by atoms with E-state index in [0.717, 1.165) is 29.5 Å². The largest absolute Gasteiger partial charge is 0.384 e. The molecule has 0 bridgehead atoms. The number of aryl methyl sites for hydroxylation is 1. The highest BCUT2D eigenvalue weighted by molar-refractivity contribution is 5.37. The lowest BCUT2D eigenvalue weighted by atomic mass is 9.94. The lowest BCUT2D eigenvalue weighted by molar-refractivity contribution is 0.218. The summed E-state index contributed by atoms with van der Waals surface area (Å²) in [6.45, 7) is 4.21. The van der Waals surface area contributed by atoms with Gasteiger partial charge in [-0.25, -0.2) is 0 Å². The van der Waals surface area contributed by atoms with Crippen molar-refractivity contribution >= 4 is 0 Å². The molecule has 1 aromatic carbocycles. The molecule has 0 saturated heterocycles. The van der Waals surface area contributed by atoms with E-state index in [-0.39, 0.29) is 0 Å². The summed E-state index contributed by atoms with van der Waals surface area (Å²) in [6, 6.07) is 9.74. The molecule has 1 N–H and O–H groups in total. The normalized spacial score (nSPS) is 12.4. The molecule has 0 aliphatic rings. The zero-order chi connectivity index (χ0) is 13.0. The molecule has 0 saturated carbocycles. The van der Waals surface area contributed by atoms with Crippen molar-refractivity contribution in [3.05, 3.63) is 65.0 Å². The van der Waals surface area contributed by atoms with Gasteiger partial charge in [0.1, 0.15) is 6.10 Å². The van der Waals surface area contributed by atoms with Crippen LogP contribution in [-0.4, -0.2) is 10.1 Å². The van der Waals surface area contributed by atoms with Crippen LogP contribution in [-0.2, 0) is 6.42 Å². The zero-order valence-corrected chi connectivity index (χ0v) is 10.9. The van der Waals surface area contributed by atoms with Gasteiger partial charge in [-0.1, -0.05) is 43.7 Å². The first-order chi connectivity index (χ1) is 8.74. The second-order valence-electron chi connectivity index (χ2n) is 4.59. The van der Waals surface area contributed by atoms with Gasteiger partial charge in [0.2, 0.25) is 0 Å². The van der Waals surface area contributed by atoms with E-state index in [9.17, 15) is 5.11 Å². The maximum atomic E-state index is 10.5. The Morgan fingerprint density at radius 2 is 1.89 bits per heavy atom. The molecule has 1 heterocycles. The van der Waals surface area contributed by atoms with Gasteiger partial charge in [0, 0.05) is 18.0 Å². The summed E-state index contributed by atoms with van der Waals surface area (Å²) in [5.74, 6) is 0. The third-order valence-corrected chi connectivity index (χ3v) is 3.22. The van der Waals surface area contributed by atoms with Gasteiger partial charge in [-0.2, -0.15) is 0 Å². The monoisotopic (exact) mass is 241 g/mol. The van der Waals surface area contributed by atoms with Crippen LogP contribution in [0.15, 0.2) is 42.7 Å². The molecule has 2 heteroatoms. The second kappa shape index (κ2) is 5.78. The number of aliphatic hydroxyl groups is 1. The van der Waals surface area contributed by atoms with Crippen molar-refractivity contribution in [3.63, 3.8) is 0 Å². The predicted octanol–water partition coefficient (Wildman–Crippen LogP) is 3.42. The highest BCUT2D eigenvalue weighted by Crippen LogP contribution is 2.26. The van der Waals surface area contributed by atoms with Gasteiger partial charge in [0.15, 0.2) is 0 Å². The summed E-state index contributed by atoms with van der Waals surface area (Å²) in [4.78, 5) is 4.21. The Labute approximate surface area is 108 Å². The Balaban J connectivity index is 2.41. The minimum Gasteiger partial charge on any atom is -0.384 e. The molecule has 94 valence electrons. The highest BCUT2D eigenvalue weighted by Gasteiger charge is 2.15. The van der Waals surface area contributed by atoms with E-state index >= 15 is 0 Å². The van der Waals surface area contributed by atoms with Crippen LogP contribution in [0.2, 0.25) is 0 Å². The van der Waals surface area contributed by atoms with Crippen molar-refractivity contribution in [1.29, 1.82) is 0 Å². The van der Waals surface area contributed by atoms with Gasteiger partial charge in [-0.3, -0.25) is 4.98 Å². The maximum absolute atomic E-state index is 10.5. The maximum Gasteiger partial charge on any atom is 0.106 e. The molecule has 0 amide bonds. The third kappa shape index (κ3) is 2.59. The number of rotatable bonds is 4. The summed E-state index contributed by atoms with van der Waals surface area (Å²) >= 11 is 0. The molecule has 2 aromatic rings. The Morgan fingerprint density at radius 3 is 2.56 bits per heavy atom. The fourth-order valence-corrected chi connectivity index (χ4v) is 2.25. The Hall–Kier alpha value is -1.67. The summed E-state index contributed by atoms with van der Waals surface area (Å²) in [7, 11) is 0. The molecule has 0 fully saturated rings. The van der Waals surface area contributed by atoms with Crippen LogP contribution in [0, 0.1) is 6.92 Å². The minimum absolute atomic E-state index is 0.583. The average molecular weight is 241 g/mol. The van der Waals surface area contributed by atoms with Crippen LogP contribution in [0.3, 0.4) is 0 Å². The first-order valence-electron chi connectivity index (χ1n) is 6.40. The Morgan fingerprint density at radius 1 is 1.17 bits per heavy atom. The van der Waals surface area contributed by atoms with Crippen molar-refractivity contribution in [1.82, 2.24) is 4.98 Å². The smallest absolute Gasteiger partial charge is 0.106 e. The molecule has 18 heavy (non-hydrogen) atoms. The molecule has 0 aliphatic heterocycles. The van der Waals surface area contributed by atoms with E-state index in [0.29, 0.717) is 0 Å². The fraction of sp³-hybridized carbons (Fsp3) is 0.312. The van der Waals surface area contributed by atoms with E-state index in [1.54, 1.807) is 6.20 Å². The van der Waals surface area contributed by atoms with Gasteiger partial charge in [0.25, 0.3) is 0 Å². The molecule has 0 aliphatic carbocycles. The molecule has 2 nitrogen and oxygen atoms in total. The topological polar surface area (TPSA) is 33.1 Å². The molecular weight excluding hydrogens is 222 g/mol. The number of benzene rings is 1. The van der Waals surface area contributed by atoms with E-state index in [1.807, 2.05) is 36.5 Å². The minimum atomic E-state index is -0.583. The van der Waals surface area contributed by atoms with E-state index in [1.165, 1.54) is 5.56 Å². The van der Waals surface area contributed by atoms with Crippen LogP contribution >= 0.6 is 0 Å². The molecule has 1 unspecified atom stereocenters. The van der Waals surface area contributed by atoms with Gasteiger partial charge in [-0.15, -0.1) is 0 Å². The number of aromatic nitrogens is 1. The number of hydrogen-bond acceptors (Lipinski definition) is 2. The first-order valence-corrected chi connectivity index (χ1v) is 6.40. The van der Waals surface area contributed by atoms with Gasteiger partial charge in [0.05, 0.1) is 0 Å². The number of aliphatic hydroxyl groups excluding tert-OH is 1.